The quantitative estimate of drug-likeness (QED) is 0.631. The first-order valence-corrected chi connectivity index (χ1v) is 12.4. The van der Waals surface area contributed by atoms with Crippen LogP contribution < -0.4 is 4.74 Å². The van der Waals surface area contributed by atoms with Gasteiger partial charge in [-0.25, -0.2) is 8.42 Å². The Kier molecular flexibility index (Phi) is 7.50. The molecule has 1 aromatic rings. The van der Waals surface area contributed by atoms with Crippen molar-refractivity contribution in [3.05, 3.63) is 23.8 Å². The average molecular weight is 465 g/mol. The fourth-order valence-electron chi connectivity index (χ4n) is 3.71. The molecule has 0 bridgehead atoms. The average Bonchev–Trinajstić information content (AvgIpc) is 3.58. The molecule has 1 aliphatic carbocycles. The molecule has 8 nitrogen and oxygen atoms in total. The summed E-state index contributed by atoms with van der Waals surface area (Å²) in [5, 5.41) is 19.2. The number of likely N-dealkylation sites (N-methyl/N-ethyl adjacent to an activating group) is 1. The first kappa shape index (κ1) is 24.5. The second-order valence-electron chi connectivity index (χ2n) is 8.84. The van der Waals surface area contributed by atoms with E-state index in [0.29, 0.717) is 12.1 Å². The summed E-state index contributed by atoms with van der Waals surface area (Å²) in [6.45, 7) is 5.25. The predicted molar refractivity (Wildman–Crippen MR) is 119 cm³/mol. The van der Waals surface area contributed by atoms with E-state index in [2.05, 4.69) is 11.8 Å². The first-order valence-electron chi connectivity index (χ1n) is 10.9. The molecule has 1 fully saturated rings. The Morgan fingerprint density at radius 3 is 2.62 bits per heavy atom. The molecule has 1 aliphatic heterocycles. The van der Waals surface area contributed by atoms with Crippen LogP contribution in [0.5, 0.6) is 5.75 Å². The molecule has 0 saturated heterocycles. The number of carbonyl (C=O) groups excluding carboxylic acids is 1. The molecule has 0 aromatic heterocycles. The molecule has 1 saturated carbocycles. The molecule has 1 amide bonds. The van der Waals surface area contributed by atoms with E-state index in [4.69, 9.17) is 4.74 Å². The summed E-state index contributed by atoms with van der Waals surface area (Å²) in [5.41, 5.74) is 0.510. The van der Waals surface area contributed by atoms with Crippen molar-refractivity contribution in [3.63, 3.8) is 0 Å². The maximum Gasteiger partial charge on any atom is 0.247 e. The maximum atomic E-state index is 13.4. The van der Waals surface area contributed by atoms with Crippen LogP contribution in [0.3, 0.4) is 0 Å². The summed E-state index contributed by atoms with van der Waals surface area (Å²) >= 11 is 0. The number of benzene rings is 1. The van der Waals surface area contributed by atoms with E-state index in [9.17, 15) is 23.4 Å². The van der Waals surface area contributed by atoms with Crippen LogP contribution in [0, 0.1) is 23.7 Å². The van der Waals surface area contributed by atoms with Crippen molar-refractivity contribution in [1.29, 1.82) is 0 Å². The van der Waals surface area contributed by atoms with Crippen molar-refractivity contribution in [2.75, 3.05) is 26.7 Å². The van der Waals surface area contributed by atoms with E-state index < -0.39 is 28.3 Å². The van der Waals surface area contributed by atoms with E-state index in [1.165, 1.54) is 10.4 Å². The maximum absolute atomic E-state index is 13.4. The second kappa shape index (κ2) is 9.79. The van der Waals surface area contributed by atoms with Gasteiger partial charge in [-0.1, -0.05) is 18.8 Å². The number of ether oxygens (including phenoxy) is 1. The normalized spacial score (nSPS) is 24.6. The molecule has 1 heterocycles. The third-order valence-electron chi connectivity index (χ3n) is 5.85. The zero-order valence-corrected chi connectivity index (χ0v) is 19.8. The van der Waals surface area contributed by atoms with Crippen LogP contribution in [0.15, 0.2) is 23.1 Å². The van der Waals surface area contributed by atoms with Crippen LogP contribution in [0.2, 0.25) is 0 Å². The van der Waals surface area contributed by atoms with Crippen molar-refractivity contribution in [2.45, 2.75) is 56.8 Å². The van der Waals surface area contributed by atoms with Crippen molar-refractivity contribution < 1.29 is 28.2 Å². The molecule has 1 aromatic carbocycles. The lowest BCUT2D eigenvalue weighted by atomic mass is 10.0. The van der Waals surface area contributed by atoms with Gasteiger partial charge in [-0.2, -0.15) is 4.31 Å². The van der Waals surface area contributed by atoms with Gasteiger partial charge in [-0.3, -0.25) is 4.79 Å². The molecule has 4 atom stereocenters. The summed E-state index contributed by atoms with van der Waals surface area (Å²) in [6.07, 6.45) is 0.527. The molecule has 0 unspecified atom stereocenters. The Balaban J connectivity index is 2.03. The third kappa shape index (κ3) is 5.44. The molecule has 176 valence electrons. The fraction of sp³-hybridized carbons (Fsp3) is 0.609. The standard InChI is InChI=1S/C23H32N2O6S/c1-15-12-25(16(2)14-26)32(29,30)22-10-7-18(6-5-17(3)27)11-20(22)31-21(15)13-24(4)23(28)19-8-9-19/h7,10-11,15-17,19,21,26-27H,8-9,12-14H2,1-4H3/t15-,16-,17+,21+/m0/s1. The van der Waals surface area contributed by atoms with Gasteiger partial charge >= 0.3 is 0 Å². The highest BCUT2D eigenvalue weighted by molar-refractivity contribution is 7.89. The van der Waals surface area contributed by atoms with Gasteiger partial charge in [0.1, 0.15) is 22.9 Å². The van der Waals surface area contributed by atoms with E-state index in [1.54, 1.807) is 37.9 Å². The number of amides is 1. The van der Waals surface area contributed by atoms with E-state index in [1.807, 2.05) is 6.92 Å². The minimum atomic E-state index is -3.94. The van der Waals surface area contributed by atoms with Crippen LogP contribution in [-0.4, -0.2) is 78.7 Å². The van der Waals surface area contributed by atoms with Gasteiger partial charge in [-0.15, -0.1) is 0 Å². The molecular weight excluding hydrogens is 432 g/mol. The summed E-state index contributed by atoms with van der Waals surface area (Å²) < 4.78 is 34.4. The van der Waals surface area contributed by atoms with Gasteiger partial charge in [0.15, 0.2) is 0 Å². The minimum absolute atomic E-state index is 0.00605. The first-order chi connectivity index (χ1) is 15.0. The van der Waals surface area contributed by atoms with Gasteiger partial charge in [0, 0.05) is 37.0 Å². The highest BCUT2D eigenvalue weighted by Gasteiger charge is 2.39. The van der Waals surface area contributed by atoms with Gasteiger partial charge in [0.2, 0.25) is 15.9 Å². The summed E-state index contributed by atoms with van der Waals surface area (Å²) in [5.74, 6) is 5.52. The number of nitrogens with zero attached hydrogens (tertiary/aromatic N) is 2. The number of rotatable bonds is 5. The van der Waals surface area contributed by atoms with Gasteiger partial charge in [-0.05, 0) is 44.9 Å². The molecule has 0 spiro atoms. The summed E-state index contributed by atoms with van der Waals surface area (Å²) in [7, 11) is -2.19. The number of hydrogen-bond acceptors (Lipinski definition) is 6. The van der Waals surface area contributed by atoms with Gasteiger partial charge < -0.3 is 19.8 Å². The number of aliphatic hydroxyl groups excluding tert-OH is 2. The number of hydrogen-bond donors (Lipinski definition) is 2. The minimum Gasteiger partial charge on any atom is -0.487 e. The van der Waals surface area contributed by atoms with Crippen molar-refractivity contribution >= 4 is 15.9 Å². The Labute approximate surface area is 190 Å². The molecule has 2 aliphatic rings. The lowest BCUT2D eigenvalue weighted by Crippen LogP contribution is -2.50. The Morgan fingerprint density at radius 2 is 2.03 bits per heavy atom. The number of aliphatic hydroxyl groups is 2. The number of sulfonamides is 1. The molecule has 32 heavy (non-hydrogen) atoms. The zero-order valence-electron chi connectivity index (χ0n) is 19.0. The molecule has 0 radical (unpaired) electrons. The highest BCUT2D eigenvalue weighted by Crippen LogP contribution is 2.35. The third-order valence-corrected chi connectivity index (χ3v) is 7.87. The monoisotopic (exact) mass is 464 g/mol. The van der Waals surface area contributed by atoms with E-state index in [0.717, 1.165) is 12.8 Å². The number of carbonyl (C=O) groups is 1. The molecular formula is C23H32N2O6S. The number of fused-ring (bicyclic) bond motifs is 1. The van der Waals surface area contributed by atoms with Crippen LogP contribution in [0.4, 0.5) is 0 Å². The van der Waals surface area contributed by atoms with E-state index in [-0.39, 0.29) is 41.5 Å². The highest BCUT2D eigenvalue weighted by atomic mass is 32.2. The van der Waals surface area contributed by atoms with E-state index >= 15 is 0 Å². The molecule has 3 rings (SSSR count). The lowest BCUT2D eigenvalue weighted by Gasteiger charge is -2.37. The second-order valence-corrected chi connectivity index (χ2v) is 10.7. The topological polar surface area (TPSA) is 107 Å². The molecule has 2 N–H and O–H groups in total. The van der Waals surface area contributed by atoms with Crippen LogP contribution in [-0.2, 0) is 14.8 Å². The van der Waals surface area contributed by atoms with Crippen molar-refractivity contribution in [1.82, 2.24) is 9.21 Å². The Morgan fingerprint density at radius 1 is 1.34 bits per heavy atom. The van der Waals surface area contributed by atoms with Crippen molar-refractivity contribution in [2.24, 2.45) is 11.8 Å². The fourth-order valence-corrected chi connectivity index (χ4v) is 5.54. The largest absolute Gasteiger partial charge is 0.487 e. The van der Waals surface area contributed by atoms with Crippen LogP contribution >= 0.6 is 0 Å². The SMILES string of the molecule is C[C@@H](O)C#Cc1ccc2c(c1)O[C@H](CN(C)C(=O)C1CC1)[C@@H](C)CN([C@@H](C)CO)S2(=O)=O. The Bertz CT molecular complexity index is 1010. The smallest absolute Gasteiger partial charge is 0.247 e. The van der Waals surface area contributed by atoms with Gasteiger partial charge in [0.05, 0.1) is 13.2 Å². The lowest BCUT2D eigenvalue weighted by molar-refractivity contribution is -0.132. The molecule has 9 heteroatoms. The van der Waals surface area contributed by atoms with Crippen LogP contribution in [0.25, 0.3) is 0 Å². The van der Waals surface area contributed by atoms with Gasteiger partial charge in [0.25, 0.3) is 0 Å². The zero-order chi connectivity index (χ0) is 23.6. The van der Waals surface area contributed by atoms with Crippen LogP contribution in [0.1, 0.15) is 39.2 Å². The Hall–Kier alpha value is -2.12. The summed E-state index contributed by atoms with van der Waals surface area (Å²) in [6, 6.07) is 3.95. The van der Waals surface area contributed by atoms with Crippen molar-refractivity contribution in [3.8, 4) is 17.6 Å². The summed E-state index contributed by atoms with van der Waals surface area (Å²) in [4.78, 5) is 14.2. The predicted octanol–water partition coefficient (Wildman–Crippen LogP) is 1.06.